The van der Waals surface area contributed by atoms with E-state index in [0.29, 0.717) is 68.4 Å². The molecule has 2 aliphatic heterocycles. The van der Waals surface area contributed by atoms with Crippen molar-refractivity contribution in [2.75, 3.05) is 32.0 Å². The van der Waals surface area contributed by atoms with Crippen LogP contribution >= 0.6 is 0 Å². The normalized spacial score (nSPS) is 24.7. The van der Waals surface area contributed by atoms with E-state index < -0.39 is 30.4 Å². The monoisotopic (exact) mass is 589 g/mol. The predicted octanol–water partition coefficient (Wildman–Crippen LogP) is 1.34. The number of nitrogens with one attached hydrogen (secondary N) is 1. The molecule has 14 nitrogen and oxygen atoms in total. The second-order valence-corrected chi connectivity index (χ2v) is 10.9. The number of nitrogens with two attached hydrogens (primary N) is 1. The Morgan fingerprint density at radius 1 is 1.14 bits per heavy atom. The molecule has 232 valence electrons. The van der Waals surface area contributed by atoms with Gasteiger partial charge in [-0.3, -0.25) is 14.2 Å². The summed E-state index contributed by atoms with van der Waals surface area (Å²) in [5.41, 5.74) is 6.86. The van der Waals surface area contributed by atoms with Crippen LogP contribution in [0.4, 0.5) is 10.6 Å². The van der Waals surface area contributed by atoms with Crippen LogP contribution in [0.15, 0.2) is 6.33 Å². The maximum atomic E-state index is 12.3. The third-order valence-corrected chi connectivity index (χ3v) is 7.98. The van der Waals surface area contributed by atoms with Crippen molar-refractivity contribution in [1.82, 2.24) is 29.7 Å². The first kappa shape index (κ1) is 31.6. The summed E-state index contributed by atoms with van der Waals surface area (Å²) in [5.74, 6) is 1.09. The number of piperidine rings is 1. The Morgan fingerprint density at radius 3 is 2.52 bits per heavy atom. The summed E-state index contributed by atoms with van der Waals surface area (Å²) in [5, 5.41) is 23.6. The van der Waals surface area contributed by atoms with Crippen molar-refractivity contribution in [3.8, 4) is 0 Å². The van der Waals surface area contributed by atoms with Gasteiger partial charge in [0.2, 0.25) is 0 Å². The molecule has 0 spiro atoms. The summed E-state index contributed by atoms with van der Waals surface area (Å²) < 4.78 is 12.6. The molecule has 0 bridgehead atoms. The number of fused-ring (bicyclic) bond motifs is 1. The number of rotatable bonds is 9. The SMILES string of the molecule is CC.CCNC(=O)[C@H]1O[C@@H](n2cnc3c(N)nc(CCCC4CCN(C(=O)OCC5CC(=O)C5)CC4)nc32)C(O)[C@H]1O. The molecule has 4 atom stereocenters. The molecule has 5 rings (SSSR count). The highest BCUT2D eigenvalue weighted by atomic mass is 16.6. The Bertz CT molecular complexity index is 1240. The quantitative estimate of drug-likeness (QED) is 0.329. The molecule has 2 saturated heterocycles. The number of hydrogen-bond donors (Lipinski definition) is 4. The number of carbonyl (C=O) groups excluding carboxylic acids is 3. The number of aryl methyl sites for hydroxylation is 1. The molecule has 2 aromatic heterocycles. The Kier molecular flexibility index (Phi) is 10.7. The molecule has 0 aromatic carbocycles. The summed E-state index contributed by atoms with van der Waals surface area (Å²) in [6.45, 7) is 7.73. The lowest BCUT2D eigenvalue weighted by molar-refractivity contribution is -0.137. The van der Waals surface area contributed by atoms with Crippen LogP contribution in [0.5, 0.6) is 0 Å². The number of ether oxygens (including phenoxy) is 2. The van der Waals surface area contributed by atoms with Gasteiger partial charge in [0, 0.05) is 44.8 Å². The zero-order valence-electron chi connectivity index (χ0n) is 24.6. The second-order valence-electron chi connectivity index (χ2n) is 10.9. The largest absolute Gasteiger partial charge is 0.449 e. The number of likely N-dealkylation sites (tertiary alicyclic amines) is 1. The average Bonchev–Trinajstić information content (AvgIpc) is 3.52. The van der Waals surface area contributed by atoms with E-state index in [-0.39, 0.29) is 23.6 Å². The fourth-order valence-electron chi connectivity index (χ4n) is 5.60. The molecule has 3 aliphatic rings. The van der Waals surface area contributed by atoms with Crippen molar-refractivity contribution in [2.45, 2.75) is 90.3 Å². The summed E-state index contributed by atoms with van der Waals surface area (Å²) in [6.07, 6.45) is 1.18. The van der Waals surface area contributed by atoms with E-state index >= 15 is 0 Å². The molecule has 3 fully saturated rings. The molecule has 1 aliphatic carbocycles. The molecule has 1 unspecified atom stereocenters. The summed E-state index contributed by atoms with van der Waals surface area (Å²) in [6, 6.07) is 0. The minimum absolute atomic E-state index is 0.176. The smallest absolute Gasteiger partial charge is 0.409 e. The highest BCUT2D eigenvalue weighted by Gasteiger charge is 2.47. The van der Waals surface area contributed by atoms with Crippen molar-refractivity contribution in [3.63, 3.8) is 0 Å². The number of anilines is 1. The van der Waals surface area contributed by atoms with Gasteiger partial charge in [0.05, 0.1) is 12.9 Å². The number of nitrogen functional groups attached to an aromatic ring is 1. The maximum Gasteiger partial charge on any atom is 0.409 e. The number of aliphatic hydroxyl groups excluding tert-OH is 2. The number of ketones is 1. The molecule has 2 amide bonds. The van der Waals surface area contributed by atoms with Gasteiger partial charge in [0.15, 0.2) is 23.8 Å². The number of Topliss-reactive ketones (excluding diaryl/α,β-unsaturated/α-hetero) is 1. The molecule has 14 heteroatoms. The van der Waals surface area contributed by atoms with Crippen LogP contribution in [-0.4, -0.2) is 97.0 Å². The van der Waals surface area contributed by atoms with Gasteiger partial charge in [-0.2, -0.15) is 0 Å². The van der Waals surface area contributed by atoms with Crippen molar-refractivity contribution < 1.29 is 34.1 Å². The van der Waals surface area contributed by atoms with Crippen molar-refractivity contribution in [1.29, 1.82) is 0 Å². The summed E-state index contributed by atoms with van der Waals surface area (Å²) in [4.78, 5) is 50.7. The van der Waals surface area contributed by atoms with Crippen LogP contribution in [0.25, 0.3) is 11.2 Å². The van der Waals surface area contributed by atoms with E-state index in [1.165, 1.54) is 10.9 Å². The fourth-order valence-corrected chi connectivity index (χ4v) is 5.60. The molecule has 42 heavy (non-hydrogen) atoms. The van der Waals surface area contributed by atoms with E-state index in [9.17, 15) is 24.6 Å². The van der Waals surface area contributed by atoms with Crippen molar-refractivity contribution >= 4 is 34.8 Å². The van der Waals surface area contributed by atoms with Crippen LogP contribution in [0.2, 0.25) is 0 Å². The topological polar surface area (TPSA) is 195 Å². The molecule has 0 radical (unpaired) electrons. The third-order valence-electron chi connectivity index (χ3n) is 7.98. The van der Waals surface area contributed by atoms with Crippen LogP contribution in [0.1, 0.15) is 71.3 Å². The number of aromatic nitrogens is 4. The first-order valence-electron chi connectivity index (χ1n) is 15.0. The number of imidazole rings is 1. The molecule has 4 heterocycles. The number of likely N-dealkylation sites (N-methyl/N-ethyl adjacent to an activating group) is 1. The summed E-state index contributed by atoms with van der Waals surface area (Å²) in [7, 11) is 0. The second kappa shape index (κ2) is 14.2. The highest BCUT2D eigenvalue weighted by molar-refractivity contribution is 5.84. The zero-order chi connectivity index (χ0) is 30.4. The number of hydrogen-bond acceptors (Lipinski definition) is 11. The van der Waals surface area contributed by atoms with Gasteiger partial charge >= 0.3 is 6.09 Å². The Hall–Kier alpha value is -3.36. The molecule has 2 aromatic rings. The molecule has 5 N–H and O–H groups in total. The van der Waals surface area contributed by atoms with E-state index in [1.807, 2.05) is 13.8 Å². The van der Waals surface area contributed by atoms with Gasteiger partial charge in [0.1, 0.15) is 29.3 Å². The van der Waals surface area contributed by atoms with Crippen LogP contribution < -0.4 is 11.1 Å². The Morgan fingerprint density at radius 2 is 1.86 bits per heavy atom. The van der Waals surface area contributed by atoms with Crippen molar-refractivity contribution in [2.24, 2.45) is 11.8 Å². The highest BCUT2D eigenvalue weighted by Crippen LogP contribution is 2.32. The fraction of sp³-hybridized carbons (Fsp3) is 0.714. The minimum atomic E-state index is -1.41. The van der Waals surface area contributed by atoms with Gasteiger partial charge in [0.25, 0.3) is 5.91 Å². The first-order valence-corrected chi connectivity index (χ1v) is 15.0. The molecule has 1 saturated carbocycles. The Labute approximate surface area is 245 Å². The lowest BCUT2D eigenvalue weighted by Gasteiger charge is -2.32. The van der Waals surface area contributed by atoms with Crippen molar-refractivity contribution in [3.05, 3.63) is 12.2 Å². The minimum Gasteiger partial charge on any atom is -0.449 e. The van der Waals surface area contributed by atoms with E-state index in [0.717, 1.165) is 25.7 Å². The lowest BCUT2D eigenvalue weighted by Crippen LogP contribution is -2.42. The van der Waals surface area contributed by atoms with Crippen LogP contribution in [-0.2, 0) is 25.5 Å². The van der Waals surface area contributed by atoms with Gasteiger partial charge in [-0.15, -0.1) is 0 Å². The first-order chi connectivity index (χ1) is 20.2. The Balaban J connectivity index is 0.00000198. The van der Waals surface area contributed by atoms with Crippen LogP contribution in [0, 0.1) is 11.8 Å². The number of nitrogens with zero attached hydrogens (tertiary/aromatic N) is 5. The summed E-state index contributed by atoms with van der Waals surface area (Å²) >= 11 is 0. The number of aliphatic hydroxyl groups is 2. The van der Waals surface area contributed by atoms with Crippen LogP contribution in [0.3, 0.4) is 0 Å². The number of carbonyl (C=O) groups is 3. The molecular formula is C28H43N7O7. The maximum absolute atomic E-state index is 12.3. The van der Waals surface area contributed by atoms with E-state index in [2.05, 4.69) is 20.3 Å². The van der Waals surface area contributed by atoms with Gasteiger partial charge in [-0.05, 0) is 38.5 Å². The van der Waals surface area contributed by atoms with Gasteiger partial charge < -0.3 is 35.6 Å². The molecular weight excluding hydrogens is 546 g/mol. The lowest BCUT2D eigenvalue weighted by atomic mass is 9.85. The third kappa shape index (κ3) is 6.98. The van der Waals surface area contributed by atoms with Gasteiger partial charge in [-0.25, -0.2) is 19.7 Å². The zero-order valence-corrected chi connectivity index (χ0v) is 24.6. The van der Waals surface area contributed by atoms with E-state index in [1.54, 1.807) is 11.8 Å². The van der Waals surface area contributed by atoms with Gasteiger partial charge in [-0.1, -0.05) is 13.8 Å². The standard InChI is InChI=1S/C26H37N7O7.C2H6/c1-2-28-24(37)21-19(35)20(36)25(40-21)33-13-29-18-22(27)30-17(31-23(18)33)5-3-4-14-6-8-32(9-7-14)26(38)39-12-15-10-16(34)11-15;1-2/h13-15,19-21,25,35-36H,2-12H2,1H3,(H,28,37)(H2,27,30,31);1-2H3/t19-,20?,21+,25-;/m1./s1. The average molecular weight is 590 g/mol. The predicted molar refractivity (Wildman–Crippen MR) is 152 cm³/mol. The number of amides is 2. The van der Waals surface area contributed by atoms with E-state index in [4.69, 9.17) is 15.2 Å².